The molecule has 1 aromatic heterocycles. The van der Waals surface area contributed by atoms with E-state index in [9.17, 15) is 4.79 Å². The number of aromatic nitrogens is 2. The van der Waals surface area contributed by atoms with E-state index in [2.05, 4.69) is 32.3 Å². The number of anilines is 2. The highest BCUT2D eigenvalue weighted by Gasteiger charge is 2.23. The quantitative estimate of drug-likeness (QED) is 0.928. The van der Waals surface area contributed by atoms with Gasteiger partial charge in [0.25, 0.3) is 5.91 Å². The second-order valence-corrected chi connectivity index (χ2v) is 6.60. The Labute approximate surface area is 148 Å². The third-order valence-electron chi connectivity index (χ3n) is 4.18. The van der Waals surface area contributed by atoms with Gasteiger partial charge in [-0.2, -0.15) is 0 Å². The van der Waals surface area contributed by atoms with Crippen LogP contribution in [-0.2, 0) is 0 Å². The van der Waals surface area contributed by atoms with E-state index in [1.54, 1.807) is 6.07 Å². The summed E-state index contributed by atoms with van der Waals surface area (Å²) in [7, 11) is 0. The molecule has 2 aromatic rings. The normalized spacial score (nSPS) is 14.7. The third kappa shape index (κ3) is 4.26. The van der Waals surface area contributed by atoms with E-state index in [0.717, 1.165) is 13.1 Å². The molecule has 6 nitrogen and oxygen atoms in total. The SMILES string of the molecule is Cc1nc(NC(C)C)cc(C(=O)N2CCN(c3ccccc3)CC2)n1. The molecular weight excluding hydrogens is 314 g/mol. The largest absolute Gasteiger partial charge is 0.368 e. The van der Waals surface area contributed by atoms with Gasteiger partial charge in [-0.15, -0.1) is 0 Å². The molecule has 0 bridgehead atoms. The zero-order valence-corrected chi connectivity index (χ0v) is 15.1. The summed E-state index contributed by atoms with van der Waals surface area (Å²) in [5.74, 6) is 1.29. The van der Waals surface area contributed by atoms with Crippen LogP contribution in [0.25, 0.3) is 0 Å². The summed E-state index contributed by atoms with van der Waals surface area (Å²) in [6.07, 6.45) is 0. The molecule has 6 heteroatoms. The second-order valence-electron chi connectivity index (χ2n) is 6.60. The Kier molecular flexibility index (Phi) is 5.16. The highest BCUT2D eigenvalue weighted by molar-refractivity contribution is 5.93. The Morgan fingerprint density at radius 1 is 1.08 bits per heavy atom. The molecular formula is C19H25N5O. The minimum atomic E-state index is -0.0231. The molecule has 1 fully saturated rings. The maximum Gasteiger partial charge on any atom is 0.272 e. The Morgan fingerprint density at radius 3 is 2.40 bits per heavy atom. The number of piperazine rings is 1. The lowest BCUT2D eigenvalue weighted by molar-refractivity contribution is 0.0740. The van der Waals surface area contributed by atoms with Gasteiger partial charge in [0, 0.05) is 44.0 Å². The molecule has 2 heterocycles. The molecule has 0 saturated carbocycles. The molecule has 1 N–H and O–H groups in total. The summed E-state index contributed by atoms with van der Waals surface area (Å²) < 4.78 is 0. The lowest BCUT2D eigenvalue weighted by Gasteiger charge is -2.36. The third-order valence-corrected chi connectivity index (χ3v) is 4.18. The van der Waals surface area contributed by atoms with Gasteiger partial charge in [-0.3, -0.25) is 4.79 Å². The van der Waals surface area contributed by atoms with Crippen LogP contribution >= 0.6 is 0 Å². The van der Waals surface area contributed by atoms with Crippen molar-refractivity contribution in [2.45, 2.75) is 26.8 Å². The summed E-state index contributed by atoms with van der Waals surface area (Å²) in [6.45, 7) is 8.96. The van der Waals surface area contributed by atoms with E-state index < -0.39 is 0 Å². The lowest BCUT2D eigenvalue weighted by Crippen LogP contribution is -2.49. The number of nitrogens with one attached hydrogen (secondary N) is 1. The van der Waals surface area contributed by atoms with Crippen molar-refractivity contribution in [1.82, 2.24) is 14.9 Å². The van der Waals surface area contributed by atoms with E-state index in [1.165, 1.54) is 5.69 Å². The summed E-state index contributed by atoms with van der Waals surface area (Å²) in [5.41, 5.74) is 1.67. The predicted octanol–water partition coefficient (Wildman–Crippen LogP) is 2.57. The van der Waals surface area contributed by atoms with E-state index in [1.807, 2.05) is 43.9 Å². The molecule has 25 heavy (non-hydrogen) atoms. The molecule has 3 rings (SSSR count). The molecule has 132 valence electrons. The van der Waals surface area contributed by atoms with E-state index in [4.69, 9.17) is 0 Å². The summed E-state index contributed by atoms with van der Waals surface area (Å²) >= 11 is 0. The molecule has 0 radical (unpaired) electrons. The van der Waals surface area contributed by atoms with Crippen LogP contribution in [-0.4, -0.2) is 53.0 Å². The van der Waals surface area contributed by atoms with Gasteiger partial charge < -0.3 is 15.1 Å². The van der Waals surface area contributed by atoms with Crippen LogP contribution in [0, 0.1) is 6.92 Å². The topological polar surface area (TPSA) is 61.4 Å². The van der Waals surface area contributed by atoms with Gasteiger partial charge in [0.15, 0.2) is 0 Å². The van der Waals surface area contributed by atoms with Gasteiger partial charge in [-0.1, -0.05) is 18.2 Å². The Balaban J connectivity index is 1.67. The lowest BCUT2D eigenvalue weighted by atomic mass is 10.2. The standard InChI is InChI=1S/C19H25N5O/c1-14(2)20-18-13-17(21-15(3)22-18)19(25)24-11-9-23(10-12-24)16-7-5-4-6-8-16/h4-8,13-14H,9-12H2,1-3H3,(H,20,21,22). The van der Waals surface area contributed by atoms with Crippen molar-refractivity contribution in [1.29, 1.82) is 0 Å². The van der Waals surface area contributed by atoms with Crippen LogP contribution in [0.15, 0.2) is 36.4 Å². The van der Waals surface area contributed by atoms with Gasteiger partial charge in [0.05, 0.1) is 0 Å². The fourth-order valence-electron chi connectivity index (χ4n) is 3.02. The molecule has 1 amide bonds. The smallest absolute Gasteiger partial charge is 0.272 e. The first-order chi connectivity index (χ1) is 12.0. The molecule has 1 aliphatic heterocycles. The fraction of sp³-hybridized carbons (Fsp3) is 0.421. The Bertz CT molecular complexity index is 724. The number of nitrogens with zero attached hydrogens (tertiary/aromatic N) is 4. The second kappa shape index (κ2) is 7.51. The Morgan fingerprint density at radius 2 is 1.76 bits per heavy atom. The van der Waals surface area contributed by atoms with Crippen molar-refractivity contribution in [2.24, 2.45) is 0 Å². The van der Waals surface area contributed by atoms with E-state index >= 15 is 0 Å². The monoisotopic (exact) mass is 339 g/mol. The van der Waals surface area contributed by atoms with Crippen molar-refractivity contribution in [3.05, 3.63) is 47.9 Å². The van der Waals surface area contributed by atoms with Crippen LogP contribution in [0.2, 0.25) is 0 Å². The fourth-order valence-corrected chi connectivity index (χ4v) is 3.02. The maximum absolute atomic E-state index is 12.8. The Hall–Kier alpha value is -2.63. The van der Waals surface area contributed by atoms with Gasteiger partial charge in [-0.05, 0) is 32.9 Å². The molecule has 0 unspecified atom stereocenters. The first-order valence-electron chi connectivity index (χ1n) is 8.74. The molecule has 1 saturated heterocycles. The highest BCUT2D eigenvalue weighted by atomic mass is 16.2. The highest BCUT2D eigenvalue weighted by Crippen LogP contribution is 2.17. The predicted molar refractivity (Wildman–Crippen MR) is 100 cm³/mol. The van der Waals surface area contributed by atoms with Gasteiger partial charge >= 0.3 is 0 Å². The maximum atomic E-state index is 12.8. The van der Waals surface area contributed by atoms with E-state index in [0.29, 0.717) is 30.4 Å². The van der Waals surface area contributed by atoms with Gasteiger partial charge in [0.1, 0.15) is 17.3 Å². The average Bonchev–Trinajstić information content (AvgIpc) is 2.61. The van der Waals surface area contributed by atoms with Crippen LogP contribution in [0.4, 0.5) is 11.5 Å². The van der Waals surface area contributed by atoms with Crippen LogP contribution in [0.3, 0.4) is 0 Å². The van der Waals surface area contributed by atoms with Gasteiger partial charge in [-0.25, -0.2) is 9.97 Å². The minimum absolute atomic E-state index is 0.0231. The number of para-hydroxylation sites is 1. The number of amides is 1. The minimum Gasteiger partial charge on any atom is -0.368 e. The van der Waals surface area contributed by atoms with Crippen molar-refractivity contribution in [3.63, 3.8) is 0 Å². The number of hydrogen-bond donors (Lipinski definition) is 1. The van der Waals surface area contributed by atoms with Crippen LogP contribution < -0.4 is 10.2 Å². The van der Waals surface area contributed by atoms with Crippen molar-refractivity contribution >= 4 is 17.4 Å². The average molecular weight is 339 g/mol. The molecule has 1 aromatic carbocycles. The number of aryl methyl sites for hydroxylation is 1. The first-order valence-corrected chi connectivity index (χ1v) is 8.74. The van der Waals surface area contributed by atoms with Crippen LogP contribution in [0.1, 0.15) is 30.2 Å². The number of hydrogen-bond acceptors (Lipinski definition) is 5. The van der Waals surface area contributed by atoms with Crippen molar-refractivity contribution in [2.75, 3.05) is 36.4 Å². The zero-order chi connectivity index (χ0) is 17.8. The summed E-state index contributed by atoms with van der Waals surface area (Å²) in [5, 5.41) is 3.24. The summed E-state index contributed by atoms with van der Waals surface area (Å²) in [6, 6.07) is 12.3. The van der Waals surface area contributed by atoms with Crippen LogP contribution in [0.5, 0.6) is 0 Å². The zero-order valence-electron chi connectivity index (χ0n) is 15.1. The van der Waals surface area contributed by atoms with Gasteiger partial charge in [0.2, 0.25) is 0 Å². The first kappa shape index (κ1) is 17.2. The number of benzene rings is 1. The summed E-state index contributed by atoms with van der Waals surface area (Å²) in [4.78, 5) is 25.7. The molecule has 0 spiro atoms. The molecule has 0 aliphatic carbocycles. The van der Waals surface area contributed by atoms with Crippen molar-refractivity contribution < 1.29 is 4.79 Å². The molecule has 1 aliphatic rings. The van der Waals surface area contributed by atoms with Crippen molar-refractivity contribution in [3.8, 4) is 0 Å². The number of carbonyl (C=O) groups is 1. The number of carbonyl (C=O) groups excluding carboxylic acids is 1. The van der Waals surface area contributed by atoms with E-state index in [-0.39, 0.29) is 11.9 Å². The molecule has 0 atom stereocenters. The number of rotatable bonds is 4.